The van der Waals surface area contributed by atoms with Crippen molar-refractivity contribution in [3.8, 4) is 0 Å². The first-order valence-electron chi connectivity index (χ1n) is 6.79. The number of aryl methyl sites for hydroxylation is 2. The van der Waals surface area contributed by atoms with Crippen LogP contribution in [0.1, 0.15) is 22.6 Å². The summed E-state index contributed by atoms with van der Waals surface area (Å²) in [5, 5.41) is 9.91. The molecule has 1 atom stereocenters. The van der Waals surface area contributed by atoms with Crippen LogP contribution in [0.5, 0.6) is 0 Å². The Balaban J connectivity index is 1.91. The molecule has 1 N–H and O–H groups in total. The zero-order valence-electron chi connectivity index (χ0n) is 11.7. The van der Waals surface area contributed by atoms with E-state index in [0.717, 1.165) is 0 Å². The van der Waals surface area contributed by atoms with Gasteiger partial charge in [-0.15, -0.1) is 23.5 Å². The molecular weight excluding hydrogens is 284 g/mol. The van der Waals surface area contributed by atoms with Crippen LogP contribution in [-0.4, -0.2) is 16.3 Å². The zero-order valence-corrected chi connectivity index (χ0v) is 13.3. The van der Waals surface area contributed by atoms with E-state index < -0.39 is 0 Å². The van der Waals surface area contributed by atoms with Crippen LogP contribution in [0.25, 0.3) is 0 Å². The second-order valence-corrected chi connectivity index (χ2v) is 7.87. The maximum atomic E-state index is 9.91. The normalized spacial score (nSPS) is 16.1. The van der Waals surface area contributed by atoms with E-state index in [9.17, 15) is 5.11 Å². The van der Waals surface area contributed by atoms with Crippen LogP contribution < -0.4 is 0 Å². The van der Waals surface area contributed by atoms with E-state index in [2.05, 4.69) is 56.3 Å². The molecule has 1 aliphatic rings. The van der Waals surface area contributed by atoms with Crippen molar-refractivity contribution in [3.63, 3.8) is 0 Å². The highest BCUT2D eigenvalue weighted by Crippen LogP contribution is 2.52. The number of thioether (sulfide) groups is 2. The third kappa shape index (κ3) is 2.62. The van der Waals surface area contributed by atoms with E-state index in [4.69, 9.17) is 0 Å². The SMILES string of the molecule is Cc1ccc(C)c([C@@H](CO)C2Sc3ccccc3S2)c1. The van der Waals surface area contributed by atoms with Crippen molar-refractivity contribution in [3.05, 3.63) is 59.2 Å². The quantitative estimate of drug-likeness (QED) is 0.894. The highest BCUT2D eigenvalue weighted by Gasteiger charge is 2.31. The van der Waals surface area contributed by atoms with Gasteiger partial charge in [-0.1, -0.05) is 35.9 Å². The molecule has 2 aromatic carbocycles. The Labute approximate surface area is 128 Å². The molecule has 0 fully saturated rings. The first-order chi connectivity index (χ1) is 9.69. The van der Waals surface area contributed by atoms with Crippen molar-refractivity contribution in [2.24, 2.45) is 0 Å². The lowest BCUT2D eigenvalue weighted by Gasteiger charge is -2.22. The van der Waals surface area contributed by atoms with Crippen molar-refractivity contribution in [1.29, 1.82) is 0 Å². The minimum Gasteiger partial charge on any atom is -0.396 e. The molecule has 0 saturated carbocycles. The monoisotopic (exact) mass is 302 g/mol. The van der Waals surface area contributed by atoms with Crippen LogP contribution in [0.3, 0.4) is 0 Å². The molecular formula is C17H18OS2. The van der Waals surface area contributed by atoms with Gasteiger partial charge in [0.05, 0.1) is 11.2 Å². The standard InChI is InChI=1S/C17H18OS2/c1-11-7-8-12(2)13(9-11)14(10-18)17-19-15-5-3-4-6-16(15)20-17/h3-9,14,17-18H,10H2,1-2H3/t14-/m1/s1. The average Bonchev–Trinajstić information content (AvgIpc) is 2.87. The molecule has 0 aromatic heterocycles. The number of hydrogen-bond acceptors (Lipinski definition) is 3. The number of hydrogen-bond donors (Lipinski definition) is 1. The molecule has 104 valence electrons. The first-order valence-corrected chi connectivity index (χ1v) is 8.55. The summed E-state index contributed by atoms with van der Waals surface area (Å²) in [7, 11) is 0. The summed E-state index contributed by atoms with van der Waals surface area (Å²) in [5.41, 5.74) is 3.81. The largest absolute Gasteiger partial charge is 0.396 e. The molecule has 3 rings (SSSR count). The smallest absolute Gasteiger partial charge is 0.0688 e. The molecule has 1 heterocycles. The van der Waals surface area contributed by atoms with E-state index in [1.165, 1.54) is 26.5 Å². The van der Waals surface area contributed by atoms with Gasteiger partial charge >= 0.3 is 0 Å². The van der Waals surface area contributed by atoms with Crippen molar-refractivity contribution in [2.75, 3.05) is 6.61 Å². The maximum Gasteiger partial charge on any atom is 0.0688 e. The van der Waals surface area contributed by atoms with Gasteiger partial charge in [0.1, 0.15) is 0 Å². The fourth-order valence-electron chi connectivity index (χ4n) is 2.57. The van der Waals surface area contributed by atoms with E-state index in [1.54, 1.807) is 0 Å². The fraction of sp³-hybridized carbons (Fsp3) is 0.294. The summed E-state index contributed by atoms with van der Waals surface area (Å²) in [6.07, 6.45) is 0. The molecule has 0 amide bonds. The lowest BCUT2D eigenvalue weighted by Crippen LogP contribution is -2.15. The number of aliphatic hydroxyl groups excluding tert-OH is 1. The Morgan fingerprint density at radius 2 is 1.70 bits per heavy atom. The summed E-state index contributed by atoms with van der Waals surface area (Å²) >= 11 is 3.76. The Kier molecular flexibility index (Phi) is 4.11. The van der Waals surface area contributed by atoms with Crippen LogP contribution >= 0.6 is 23.5 Å². The van der Waals surface area contributed by atoms with Gasteiger partial charge in [0.25, 0.3) is 0 Å². The first kappa shape index (κ1) is 14.1. The topological polar surface area (TPSA) is 20.2 Å². The van der Waals surface area contributed by atoms with Gasteiger partial charge in [-0.2, -0.15) is 0 Å². The average molecular weight is 302 g/mol. The van der Waals surface area contributed by atoms with Crippen molar-refractivity contribution < 1.29 is 5.11 Å². The second kappa shape index (κ2) is 5.84. The molecule has 3 heteroatoms. The van der Waals surface area contributed by atoms with Crippen LogP contribution in [0.4, 0.5) is 0 Å². The molecule has 0 saturated heterocycles. The molecule has 20 heavy (non-hydrogen) atoms. The van der Waals surface area contributed by atoms with Crippen LogP contribution in [0, 0.1) is 13.8 Å². The van der Waals surface area contributed by atoms with Crippen molar-refractivity contribution >= 4 is 23.5 Å². The molecule has 0 bridgehead atoms. The number of aliphatic hydroxyl groups is 1. The maximum absolute atomic E-state index is 9.91. The van der Waals surface area contributed by atoms with Gasteiger partial charge in [-0.3, -0.25) is 0 Å². The highest BCUT2D eigenvalue weighted by molar-refractivity contribution is 8.19. The minimum atomic E-state index is 0.178. The van der Waals surface area contributed by atoms with E-state index in [1.807, 2.05) is 23.5 Å². The second-order valence-electron chi connectivity index (χ2n) is 5.20. The molecule has 0 spiro atoms. The van der Waals surface area contributed by atoms with Crippen LogP contribution in [-0.2, 0) is 0 Å². The van der Waals surface area contributed by atoms with Crippen LogP contribution in [0.15, 0.2) is 52.3 Å². The molecule has 2 aromatic rings. The van der Waals surface area contributed by atoms with Gasteiger partial charge in [0.15, 0.2) is 0 Å². The third-order valence-corrected chi connectivity index (χ3v) is 6.74. The number of benzene rings is 2. The minimum absolute atomic E-state index is 0.178. The number of rotatable bonds is 3. The molecule has 0 aliphatic carbocycles. The van der Waals surface area contributed by atoms with E-state index in [0.29, 0.717) is 4.58 Å². The van der Waals surface area contributed by atoms with Gasteiger partial charge in [-0.05, 0) is 37.1 Å². The van der Waals surface area contributed by atoms with Crippen molar-refractivity contribution in [2.45, 2.75) is 34.1 Å². The Morgan fingerprint density at radius 1 is 1.05 bits per heavy atom. The molecule has 0 unspecified atom stereocenters. The summed E-state index contributed by atoms with van der Waals surface area (Å²) in [6, 6.07) is 15.0. The van der Waals surface area contributed by atoms with E-state index >= 15 is 0 Å². The zero-order chi connectivity index (χ0) is 14.1. The van der Waals surface area contributed by atoms with Gasteiger partial charge in [0, 0.05) is 15.7 Å². The Morgan fingerprint density at radius 3 is 2.30 bits per heavy atom. The summed E-state index contributed by atoms with van der Waals surface area (Å²) < 4.78 is 0.359. The predicted molar refractivity (Wildman–Crippen MR) is 87.7 cm³/mol. The summed E-state index contributed by atoms with van der Waals surface area (Å²) in [5.74, 6) is 0.178. The van der Waals surface area contributed by atoms with Gasteiger partial charge in [0.2, 0.25) is 0 Å². The van der Waals surface area contributed by atoms with Gasteiger partial charge < -0.3 is 5.11 Å². The number of fused-ring (bicyclic) bond motifs is 1. The Bertz CT molecular complexity index is 599. The lowest BCUT2D eigenvalue weighted by atomic mass is 9.95. The van der Waals surface area contributed by atoms with Crippen LogP contribution in [0.2, 0.25) is 0 Å². The molecule has 1 nitrogen and oxygen atoms in total. The predicted octanol–water partition coefficient (Wildman–Crippen LogP) is 4.60. The fourth-order valence-corrected chi connectivity index (χ4v) is 5.65. The third-order valence-electron chi connectivity index (χ3n) is 3.69. The summed E-state index contributed by atoms with van der Waals surface area (Å²) in [6.45, 7) is 4.44. The Hall–Kier alpha value is -0.900. The van der Waals surface area contributed by atoms with Gasteiger partial charge in [-0.25, -0.2) is 0 Å². The van der Waals surface area contributed by atoms with E-state index in [-0.39, 0.29) is 12.5 Å². The highest BCUT2D eigenvalue weighted by atomic mass is 32.2. The van der Waals surface area contributed by atoms with Crippen molar-refractivity contribution in [1.82, 2.24) is 0 Å². The molecule has 1 aliphatic heterocycles. The molecule has 0 radical (unpaired) electrons. The lowest BCUT2D eigenvalue weighted by molar-refractivity contribution is 0.271. The summed E-state index contributed by atoms with van der Waals surface area (Å²) in [4.78, 5) is 2.68.